The van der Waals surface area contributed by atoms with Crippen LogP contribution in [0, 0.1) is 5.92 Å². The van der Waals surface area contributed by atoms with E-state index in [4.69, 9.17) is 14.0 Å². The molecule has 1 unspecified atom stereocenters. The summed E-state index contributed by atoms with van der Waals surface area (Å²) in [5.74, 6) is 1.06. The Morgan fingerprint density at radius 3 is 2.76 bits per heavy atom. The lowest BCUT2D eigenvalue weighted by Gasteiger charge is -2.09. The molecular weight excluding hydrogens is 374 g/mol. The van der Waals surface area contributed by atoms with E-state index in [-0.39, 0.29) is 30.2 Å². The molecule has 2 heterocycles. The molecule has 1 aromatic carbocycles. The second-order valence-electron chi connectivity index (χ2n) is 7.48. The SMILES string of the molecule is CC(C)CC(=O)Nc1ccc(OCc2cc(C(=O)NCC3CCCO3)no2)cc1. The van der Waals surface area contributed by atoms with Crippen LogP contribution in [0.25, 0.3) is 0 Å². The van der Waals surface area contributed by atoms with Gasteiger partial charge < -0.3 is 24.6 Å². The van der Waals surface area contributed by atoms with E-state index in [1.807, 2.05) is 13.8 Å². The second-order valence-corrected chi connectivity index (χ2v) is 7.48. The predicted octanol–water partition coefficient (Wildman–Crippen LogP) is 3.15. The van der Waals surface area contributed by atoms with Crippen molar-refractivity contribution < 1.29 is 23.6 Å². The first-order chi connectivity index (χ1) is 14.0. The summed E-state index contributed by atoms with van der Waals surface area (Å²) in [6, 6.07) is 8.63. The summed E-state index contributed by atoms with van der Waals surface area (Å²) in [5, 5.41) is 9.43. The lowest BCUT2D eigenvalue weighted by atomic mass is 10.1. The quantitative estimate of drug-likeness (QED) is 0.669. The summed E-state index contributed by atoms with van der Waals surface area (Å²) in [7, 11) is 0. The fourth-order valence-corrected chi connectivity index (χ4v) is 2.96. The minimum Gasteiger partial charge on any atom is -0.486 e. The van der Waals surface area contributed by atoms with Gasteiger partial charge >= 0.3 is 0 Å². The first kappa shape index (κ1) is 20.9. The maximum absolute atomic E-state index is 12.1. The van der Waals surface area contributed by atoms with Crippen LogP contribution < -0.4 is 15.4 Å². The number of carbonyl (C=O) groups excluding carboxylic acids is 2. The van der Waals surface area contributed by atoms with Crippen molar-refractivity contribution in [3.05, 3.63) is 41.8 Å². The summed E-state index contributed by atoms with van der Waals surface area (Å²) in [6.07, 6.45) is 2.54. The molecule has 1 aromatic heterocycles. The summed E-state index contributed by atoms with van der Waals surface area (Å²) in [4.78, 5) is 23.9. The van der Waals surface area contributed by atoms with Gasteiger partial charge in [-0.15, -0.1) is 0 Å². The van der Waals surface area contributed by atoms with Gasteiger partial charge in [-0.25, -0.2) is 0 Å². The molecule has 1 saturated heterocycles. The van der Waals surface area contributed by atoms with E-state index in [9.17, 15) is 9.59 Å². The highest BCUT2D eigenvalue weighted by Gasteiger charge is 2.18. The van der Waals surface area contributed by atoms with Gasteiger partial charge in [0.05, 0.1) is 6.10 Å². The fourth-order valence-electron chi connectivity index (χ4n) is 2.96. The number of carbonyl (C=O) groups is 2. The Morgan fingerprint density at radius 2 is 2.07 bits per heavy atom. The Hall–Kier alpha value is -2.87. The van der Waals surface area contributed by atoms with Crippen LogP contribution in [-0.2, 0) is 16.1 Å². The van der Waals surface area contributed by atoms with Crippen LogP contribution in [0.4, 0.5) is 5.69 Å². The molecule has 8 heteroatoms. The van der Waals surface area contributed by atoms with Crippen molar-refractivity contribution in [2.24, 2.45) is 5.92 Å². The van der Waals surface area contributed by atoms with E-state index < -0.39 is 0 Å². The molecule has 1 aliphatic rings. The molecule has 1 fully saturated rings. The van der Waals surface area contributed by atoms with Gasteiger partial charge in [0.2, 0.25) is 5.91 Å². The standard InChI is InChI=1S/C21H27N3O5/c1-14(2)10-20(25)23-15-5-7-16(8-6-15)28-13-18-11-19(24-29-18)21(26)22-12-17-4-3-9-27-17/h5-8,11,14,17H,3-4,9-10,12-13H2,1-2H3,(H,22,26)(H,23,25). The number of benzene rings is 1. The average molecular weight is 401 g/mol. The van der Waals surface area contributed by atoms with E-state index in [1.165, 1.54) is 0 Å². The third kappa shape index (κ3) is 6.60. The third-order valence-corrected chi connectivity index (χ3v) is 4.42. The lowest BCUT2D eigenvalue weighted by Crippen LogP contribution is -2.31. The molecule has 2 aromatic rings. The van der Waals surface area contributed by atoms with Crippen LogP contribution in [0.1, 0.15) is 49.4 Å². The first-order valence-corrected chi connectivity index (χ1v) is 9.87. The van der Waals surface area contributed by atoms with Gasteiger partial charge in [0.25, 0.3) is 5.91 Å². The minimum absolute atomic E-state index is 0.0133. The summed E-state index contributed by atoms with van der Waals surface area (Å²) in [6.45, 7) is 5.36. The van der Waals surface area contributed by atoms with Gasteiger partial charge in [-0.1, -0.05) is 19.0 Å². The van der Waals surface area contributed by atoms with E-state index in [2.05, 4.69) is 15.8 Å². The number of amides is 2. The highest BCUT2D eigenvalue weighted by molar-refractivity contribution is 5.92. The molecule has 1 aliphatic heterocycles. The molecule has 1 atom stereocenters. The number of nitrogens with one attached hydrogen (secondary N) is 2. The van der Waals surface area contributed by atoms with Crippen molar-refractivity contribution in [1.82, 2.24) is 10.5 Å². The van der Waals surface area contributed by atoms with E-state index >= 15 is 0 Å². The molecule has 0 bridgehead atoms. The Kier molecular flexibility index (Phi) is 7.24. The summed E-state index contributed by atoms with van der Waals surface area (Å²) >= 11 is 0. The van der Waals surface area contributed by atoms with Crippen LogP contribution in [0.5, 0.6) is 5.75 Å². The van der Waals surface area contributed by atoms with Crippen molar-refractivity contribution in [3.8, 4) is 5.75 Å². The summed E-state index contributed by atoms with van der Waals surface area (Å²) < 4.78 is 16.3. The molecule has 3 rings (SSSR count). The minimum atomic E-state index is -0.294. The molecule has 0 radical (unpaired) electrons. The molecule has 0 spiro atoms. The second kappa shape index (κ2) is 10.1. The first-order valence-electron chi connectivity index (χ1n) is 9.87. The van der Waals surface area contributed by atoms with Gasteiger partial charge in [-0.05, 0) is 43.0 Å². The maximum atomic E-state index is 12.1. The predicted molar refractivity (Wildman–Crippen MR) is 107 cm³/mol. The molecular formula is C21H27N3O5. The Labute approximate surface area is 169 Å². The fraction of sp³-hybridized carbons (Fsp3) is 0.476. The molecule has 8 nitrogen and oxygen atoms in total. The van der Waals surface area contributed by atoms with Crippen molar-refractivity contribution in [1.29, 1.82) is 0 Å². The Morgan fingerprint density at radius 1 is 1.28 bits per heavy atom. The number of ether oxygens (including phenoxy) is 2. The van der Waals surface area contributed by atoms with Gasteiger partial charge in [-0.3, -0.25) is 9.59 Å². The zero-order valence-corrected chi connectivity index (χ0v) is 16.8. The Balaban J connectivity index is 1.44. The zero-order valence-electron chi connectivity index (χ0n) is 16.8. The number of aromatic nitrogens is 1. The number of nitrogens with zero attached hydrogens (tertiary/aromatic N) is 1. The molecule has 0 aliphatic carbocycles. The topological polar surface area (TPSA) is 103 Å². The van der Waals surface area contributed by atoms with Gasteiger partial charge in [0, 0.05) is 31.3 Å². The van der Waals surface area contributed by atoms with Gasteiger partial charge in [0.1, 0.15) is 12.4 Å². The molecule has 29 heavy (non-hydrogen) atoms. The average Bonchev–Trinajstić information content (AvgIpc) is 3.37. The van der Waals surface area contributed by atoms with Crippen LogP contribution in [0.3, 0.4) is 0 Å². The monoisotopic (exact) mass is 401 g/mol. The largest absolute Gasteiger partial charge is 0.486 e. The molecule has 2 N–H and O–H groups in total. The number of anilines is 1. The summed E-state index contributed by atoms with van der Waals surface area (Å²) in [5.41, 5.74) is 0.928. The number of hydrogen-bond acceptors (Lipinski definition) is 6. The number of hydrogen-bond donors (Lipinski definition) is 2. The van der Waals surface area contributed by atoms with Crippen LogP contribution in [-0.4, -0.2) is 36.2 Å². The normalized spacial score (nSPS) is 16.0. The van der Waals surface area contributed by atoms with Gasteiger partial charge in [0.15, 0.2) is 11.5 Å². The van der Waals surface area contributed by atoms with E-state index in [0.717, 1.165) is 19.4 Å². The highest BCUT2D eigenvalue weighted by Crippen LogP contribution is 2.18. The molecule has 2 amide bonds. The molecule has 0 saturated carbocycles. The van der Waals surface area contributed by atoms with Crippen LogP contribution >= 0.6 is 0 Å². The highest BCUT2D eigenvalue weighted by atomic mass is 16.5. The lowest BCUT2D eigenvalue weighted by molar-refractivity contribution is -0.116. The van der Waals surface area contributed by atoms with Crippen LogP contribution in [0.2, 0.25) is 0 Å². The van der Waals surface area contributed by atoms with Crippen molar-refractivity contribution >= 4 is 17.5 Å². The Bertz CT molecular complexity index is 810. The van der Waals surface area contributed by atoms with Gasteiger partial charge in [-0.2, -0.15) is 0 Å². The zero-order chi connectivity index (χ0) is 20.6. The van der Waals surface area contributed by atoms with Crippen molar-refractivity contribution in [2.45, 2.75) is 45.8 Å². The maximum Gasteiger partial charge on any atom is 0.273 e. The smallest absolute Gasteiger partial charge is 0.273 e. The number of rotatable bonds is 9. The van der Waals surface area contributed by atoms with E-state index in [1.54, 1.807) is 30.3 Å². The molecule has 156 valence electrons. The van der Waals surface area contributed by atoms with E-state index in [0.29, 0.717) is 36.1 Å². The van der Waals surface area contributed by atoms with Crippen molar-refractivity contribution in [2.75, 3.05) is 18.5 Å². The van der Waals surface area contributed by atoms with Crippen molar-refractivity contribution in [3.63, 3.8) is 0 Å². The third-order valence-electron chi connectivity index (χ3n) is 4.42. The van der Waals surface area contributed by atoms with Crippen LogP contribution in [0.15, 0.2) is 34.9 Å².